The van der Waals surface area contributed by atoms with Gasteiger partial charge in [-0.25, -0.2) is 0 Å². The molecular weight excluding hydrogens is 404 g/mol. The lowest BCUT2D eigenvalue weighted by molar-refractivity contribution is 0.0487. The summed E-state index contributed by atoms with van der Waals surface area (Å²) in [4.78, 5) is 0. The van der Waals surface area contributed by atoms with Crippen LogP contribution in [0.2, 0.25) is 5.04 Å². The number of rotatable bonds is 8. The average molecular weight is 443 g/mol. The van der Waals surface area contributed by atoms with Crippen LogP contribution in [0.3, 0.4) is 0 Å². The van der Waals surface area contributed by atoms with E-state index in [1.54, 1.807) is 7.11 Å². The fraction of sp³-hybridized carbons (Fsp3) is 0.538. The summed E-state index contributed by atoms with van der Waals surface area (Å²) in [7, 11) is 0.945. The van der Waals surface area contributed by atoms with Gasteiger partial charge in [0.05, 0.1) is 5.60 Å². The number of aliphatic hydroxyl groups excluding tert-OH is 1. The van der Waals surface area contributed by atoms with Gasteiger partial charge in [0.1, 0.15) is 11.9 Å². The Labute approximate surface area is 189 Å². The number of hydrogen-bond acceptors (Lipinski definition) is 4. The Balaban J connectivity index is 1.84. The number of ether oxygens (including phenoxy) is 2. The summed E-state index contributed by atoms with van der Waals surface area (Å²) in [5, 5.41) is 11.5. The second-order valence-electron chi connectivity index (χ2n) is 10.3. The van der Waals surface area contributed by atoms with Crippen LogP contribution in [-0.4, -0.2) is 28.8 Å². The molecule has 3 rings (SSSR count). The van der Waals surface area contributed by atoms with Crippen LogP contribution in [0.15, 0.2) is 36.4 Å². The Morgan fingerprint density at radius 3 is 2.16 bits per heavy atom. The molecule has 0 fully saturated rings. The minimum Gasteiger partial charge on any atom is -0.467 e. The van der Waals surface area contributed by atoms with Crippen molar-refractivity contribution in [2.45, 2.75) is 77.0 Å². The smallest absolute Gasteiger partial charge is 0.188 e. The molecule has 0 spiro atoms. The van der Waals surface area contributed by atoms with Crippen LogP contribution in [0.4, 0.5) is 0 Å². The number of benzene rings is 2. The van der Waals surface area contributed by atoms with E-state index < -0.39 is 15.9 Å². The molecule has 1 aliphatic rings. The Kier molecular flexibility index (Phi) is 7.63. The summed E-state index contributed by atoms with van der Waals surface area (Å²) in [5.41, 5.74) is 5.10. The first-order chi connectivity index (χ1) is 14.6. The first kappa shape index (κ1) is 24.0. The molecule has 0 amide bonds. The van der Waals surface area contributed by atoms with Gasteiger partial charge < -0.3 is 19.0 Å². The highest BCUT2D eigenvalue weighted by molar-refractivity contribution is 6.31. The zero-order valence-corrected chi connectivity index (χ0v) is 21.4. The van der Waals surface area contributed by atoms with E-state index in [0.717, 1.165) is 29.5 Å². The van der Waals surface area contributed by atoms with Crippen molar-refractivity contribution in [2.24, 2.45) is 0 Å². The largest absolute Gasteiger partial charge is 0.467 e. The summed E-state index contributed by atoms with van der Waals surface area (Å²) in [5.74, 6) is 0.707. The SMILES string of the molecule is COCOc1cc2c(cc1C(O)c1ccc(C(C)(C)O[SiH2]C(C)(C)C)cc1)CCCC2. The number of aliphatic hydroxyl groups is 1. The van der Waals surface area contributed by atoms with Crippen LogP contribution < -0.4 is 4.74 Å². The third-order valence-corrected chi connectivity index (χ3v) is 7.62. The standard InChI is InChI=1S/C26H38O4Si/c1-25(2,3)31-30-26(4,5)21-13-11-18(12-14-21)24(27)22-15-19-9-7-8-10-20(19)16-23(22)29-17-28-6/h11-16,24,27H,7-10,17,31H2,1-6H3. The van der Waals surface area contributed by atoms with Gasteiger partial charge in [0, 0.05) is 12.7 Å². The van der Waals surface area contributed by atoms with Gasteiger partial charge in [-0.1, -0.05) is 45.0 Å². The van der Waals surface area contributed by atoms with Crippen LogP contribution in [-0.2, 0) is 27.6 Å². The van der Waals surface area contributed by atoms with E-state index in [2.05, 4.69) is 58.9 Å². The Bertz CT molecular complexity index is 868. The van der Waals surface area contributed by atoms with Crippen molar-refractivity contribution in [3.05, 3.63) is 64.2 Å². The first-order valence-corrected chi connectivity index (χ1v) is 12.6. The Morgan fingerprint density at radius 1 is 0.968 bits per heavy atom. The monoisotopic (exact) mass is 442 g/mol. The molecule has 0 bridgehead atoms. The lowest BCUT2D eigenvalue weighted by Crippen LogP contribution is -2.27. The average Bonchev–Trinajstić information content (AvgIpc) is 2.75. The van der Waals surface area contributed by atoms with Gasteiger partial charge in [0.15, 0.2) is 16.6 Å². The molecule has 4 nitrogen and oxygen atoms in total. The molecule has 1 aliphatic carbocycles. The minimum atomic E-state index is -0.749. The van der Waals surface area contributed by atoms with Crippen molar-refractivity contribution in [2.75, 3.05) is 13.9 Å². The van der Waals surface area contributed by atoms with Crippen molar-refractivity contribution in [3.63, 3.8) is 0 Å². The van der Waals surface area contributed by atoms with Gasteiger partial charge in [-0.05, 0) is 79.0 Å². The lowest BCUT2D eigenvalue weighted by Gasteiger charge is -2.30. The molecule has 170 valence electrons. The Morgan fingerprint density at radius 2 is 1.58 bits per heavy atom. The van der Waals surface area contributed by atoms with Crippen LogP contribution in [0.25, 0.3) is 0 Å². The second-order valence-corrected chi connectivity index (χ2v) is 13.0. The summed E-state index contributed by atoms with van der Waals surface area (Å²) in [6, 6.07) is 12.4. The maximum Gasteiger partial charge on any atom is 0.188 e. The fourth-order valence-electron chi connectivity index (χ4n) is 3.97. The number of methoxy groups -OCH3 is 1. The second kappa shape index (κ2) is 9.86. The highest BCUT2D eigenvalue weighted by Crippen LogP contribution is 2.36. The van der Waals surface area contributed by atoms with Gasteiger partial charge in [-0.3, -0.25) is 0 Å². The molecule has 0 aromatic heterocycles. The number of hydrogen-bond donors (Lipinski definition) is 1. The minimum absolute atomic E-state index is 0.167. The van der Waals surface area contributed by atoms with Gasteiger partial charge in [0.25, 0.3) is 0 Å². The van der Waals surface area contributed by atoms with Crippen LogP contribution >= 0.6 is 0 Å². The van der Waals surface area contributed by atoms with Crippen LogP contribution in [0, 0.1) is 0 Å². The summed E-state index contributed by atoms with van der Waals surface area (Å²) < 4.78 is 17.3. The van der Waals surface area contributed by atoms with Crippen molar-refractivity contribution in [1.82, 2.24) is 0 Å². The molecule has 2 aromatic rings. The summed E-state index contributed by atoms with van der Waals surface area (Å²) in [6.07, 6.45) is 3.78. The van der Waals surface area contributed by atoms with E-state index >= 15 is 0 Å². The molecule has 0 aliphatic heterocycles. The van der Waals surface area contributed by atoms with E-state index in [4.69, 9.17) is 13.9 Å². The molecule has 2 aromatic carbocycles. The normalized spacial score (nSPS) is 15.8. The van der Waals surface area contributed by atoms with E-state index in [1.807, 2.05) is 12.1 Å². The van der Waals surface area contributed by atoms with Gasteiger partial charge >= 0.3 is 0 Å². The predicted octanol–water partition coefficient (Wildman–Crippen LogP) is 5.18. The lowest BCUT2D eigenvalue weighted by atomic mass is 9.87. The quantitative estimate of drug-likeness (QED) is 0.452. The Hall–Kier alpha value is -1.66. The molecule has 1 atom stereocenters. The molecule has 0 heterocycles. The van der Waals surface area contributed by atoms with Crippen LogP contribution in [0.1, 0.15) is 81.4 Å². The van der Waals surface area contributed by atoms with Crippen molar-refractivity contribution in [1.29, 1.82) is 0 Å². The maximum atomic E-state index is 11.2. The van der Waals surface area contributed by atoms with E-state index in [0.29, 0.717) is 5.75 Å². The highest BCUT2D eigenvalue weighted by Gasteiger charge is 2.25. The third kappa shape index (κ3) is 6.19. The molecule has 0 saturated carbocycles. The van der Waals surface area contributed by atoms with E-state index in [-0.39, 0.29) is 17.4 Å². The highest BCUT2D eigenvalue weighted by atomic mass is 28.2. The van der Waals surface area contributed by atoms with Crippen LogP contribution in [0.5, 0.6) is 5.75 Å². The summed E-state index contributed by atoms with van der Waals surface area (Å²) >= 11 is 0. The van der Waals surface area contributed by atoms with Gasteiger partial charge in [0.2, 0.25) is 0 Å². The molecule has 1 N–H and O–H groups in total. The van der Waals surface area contributed by atoms with Gasteiger partial charge in [-0.15, -0.1) is 0 Å². The molecule has 5 heteroatoms. The maximum absolute atomic E-state index is 11.2. The van der Waals surface area contributed by atoms with Gasteiger partial charge in [-0.2, -0.15) is 0 Å². The predicted molar refractivity (Wildman–Crippen MR) is 128 cm³/mol. The topological polar surface area (TPSA) is 47.9 Å². The van der Waals surface area contributed by atoms with Crippen molar-refractivity contribution in [3.8, 4) is 5.75 Å². The van der Waals surface area contributed by atoms with Crippen molar-refractivity contribution < 1.29 is 19.0 Å². The number of fused-ring (bicyclic) bond motifs is 1. The third-order valence-electron chi connectivity index (χ3n) is 5.89. The van der Waals surface area contributed by atoms with Crippen molar-refractivity contribution >= 4 is 9.76 Å². The first-order valence-electron chi connectivity index (χ1n) is 11.3. The molecule has 0 saturated heterocycles. The van der Waals surface area contributed by atoms with E-state index in [1.165, 1.54) is 24.0 Å². The van der Waals surface area contributed by atoms with E-state index in [9.17, 15) is 5.11 Å². The molecule has 0 radical (unpaired) electrons. The zero-order chi connectivity index (χ0) is 22.6. The number of aryl methyl sites for hydroxylation is 2. The molecular formula is C26H38O4Si. The fourth-order valence-corrected chi connectivity index (χ4v) is 4.93. The summed E-state index contributed by atoms with van der Waals surface area (Å²) in [6.45, 7) is 11.1. The molecule has 31 heavy (non-hydrogen) atoms. The zero-order valence-electron chi connectivity index (χ0n) is 20.0. The molecule has 1 unspecified atom stereocenters.